The van der Waals surface area contributed by atoms with Crippen LogP contribution in [0.2, 0.25) is 0 Å². The van der Waals surface area contributed by atoms with Gasteiger partial charge < -0.3 is 34.9 Å². The molecule has 0 amide bonds. The van der Waals surface area contributed by atoms with Gasteiger partial charge in [0.2, 0.25) is 0 Å². The van der Waals surface area contributed by atoms with Crippen LogP contribution in [0.1, 0.15) is 5.56 Å². The van der Waals surface area contributed by atoms with Crippen molar-refractivity contribution in [3.8, 4) is 11.3 Å². The molecule has 0 spiro atoms. The van der Waals surface area contributed by atoms with E-state index in [1.165, 1.54) is 30.5 Å². The average molecular weight is 468 g/mol. The molecule has 9 nitrogen and oxygen atoms in total. The lowest BCUT2D eigenvalue weighted by Gasteiger charge is -2.40. The van der Waals surface area contributed by atoms with Crippen LogP contribution < -0.4 is 10.9 Å². The van der Waals surface area contributed by atoms with Crippen LogP contribution in [-0.4, -0.2) is 62.7 Å². The highest BCUT2D eigenvalue weighted by atomic mass is 19.4. The van der Waals surface area contributed by atoms with E-state index >= 15 is 0 Å². The lowest BCUT2D eigenvalue weighted by molar-refractivity contribution is -0.245. The molecule has 4 rings (SSSR count). The van der Waals surface area contributed by atoms with Gasteiger partial charge in [-0.15, -0.1) is 0 Å². The van der Waals surface area contributed by atoms with Crippen molar-refractivity contribution in [2.45, 2.75) is 36.8 Å². The number of rotatable bonds is 4. The van der Waals surface area contributed by atoms with E-state index in [4.69, 9.17) is 14.3 Å². The highest BCUT2D eigenvalue weighted by Crippen LogP contribution is 2.40. The molecule has 1 aliphatic heterocycles. The average Bonchev–Trinajstić information content (AvgIpc) is 2.78. The summed E-state index contributed by atoms with van der Waals surface area (Å²) in [5.41, 5.74) is -3.69. The predicted molar refractivity (Wildman–Crippen MR) is 108 cm³/mol. The maximum absolute atomic E-state index is 14.0. The number of hydrogen-bond acceptors (Lipinski definition) is 9. The smallest absolute Gasteiger partial charge is 0.418 e. The Morgan fingerprint density at radius 2 is 1.85 bits per heavy atom. The first-order valence-electron chi connectivity index (χ1n) is 9.78. The number of pyridine rings is 1. The van der Waals surface area contributed by atoms with E-state index in [1.54, 1.807) is 0 Å². The Bertz CT molecular complexity index is 1200. The van der Waals surface area contributed by atoms with Crippen molar-refractivity contribution in [3.05, 3.63) is 58.6 Å². The molecule has 0 radical (unpaired) electrons. The van der Waals surface area contributed by atoms with Crippen molar-refractivity contribution >= 4 is 16.7 Å². The molecule has 1 fully saturated rings. The molecule has 0 saturated carbocycles. The van der Waals surface area contributed by atoms with Crippen molar-refractivity contribution in [2.75, 3.05) is 11.9 Å². The van der Waals surface area contributed by atoms with Crippen LogP contribution in [0.4, 0.5) is 18.9 Å². The molecule has 33 heavy (non-hydrogen) atoms. The van der Waals surface area contributed by atoms with E-state index in [0.29, 0.717) is 0 Å². The van der Waals surface area contributed by atoms with Gasteiger partial charge in [-0.1, -0.05) is 6.07 Å². The summed E-state index contributed by atoms with van der Waals surface area (Å²) in [5, 5.41) is 41.7. The lowest BCUT2D eigenvalue weighted by atomic mass is 9.96. The SMILES string of the molecule is O=c1oc2cc(NC3[C@@H](O)OC(CO)[C@H](O)[C@H]3O)ccc2c(C(F)(F)F)c1-c1ccccn1. The van der Waals surface area contributed by atoms with Gasteiger partial charge in [0.25, 0.3) is 0 Å². The minimum absolute atomic E-state index is 0.0747. The monoisotopic (exact) mass is 468 g/mol. The van der Waals surface area contributed by atoms with Gasteiger partial charge in [-0.2, -0.15) is 13.2 Å². The second-order valence-corrected chi connectivity index (χ2v) is 7.46. The van der Waals surface area contributed by atoms with Gasteiger partial charge in [0, 0.05) is 23.3 Å². The number of ether oxygens (including phenoxy) is 1. The van der Waals surface area contributed by atoms with Crippen LogP contribution in [0, 0.1) is 0 Å². The summed E-state index contributed by atoms with van der Waals surface area (Å²) < 4.78 is 52.1. The Balaban J connectivity index is 1.77. The fourth-order valence-corrected chi connectivity index (χ4v) is 3.77. The Labute approximate surface area is 183 Å². The standard InChI is InChI=1S/C21H19F3N2O7/c22-21(23,24)15-10-5-4-9(26-16-18(29)17(28)13(8-27)33-20(16)31)7-12(10)32-19(30)14(15)11-3-1-2-6-25-11/h1-7,13,16-18,20,26-29,31H,8H2/t13?,16?,17-,18-,20-/m0/s1. The number of halogens is 3. The molecule has 2 unspecified atom stereocenters. The molecular formula is C21H19F3N2O7. The third-order valence-corrected chi connectivity index (χ3v) is 5.35. The molecular weight excluding hydrogens is 449 g/mol. The third-order valence-electron chi connectivity index (χ3n) is 5.35. The van der Waals surface area contributed by atoms with Gasteiger partial charge >= 0.3 is 11.8 Å². The topological polar surface area (TPSA) is 145 Å². The number of aliphatic hydroxyl groups is 4. The number of hydrogen-bond donors (Lipinski definition) is 5. The van der Waals surface area contributed by atoms with E-state index in [9.17, 15) is 33.3 Å². The Morgan fingerprint density at radius 1 is 1.09 bits per heavy atom. The highest BCUT2D eigenvalue weighted by molar-refractivity contribution is 5.89. The maximum atomic E-state index is 14.0. The summed E-state index contributed by atoms with van der Waals surface area (Å²) in [7, 11) is 0. The van der Waals surface area contributed by atoms with Crippen molar-refractivity contribution < 1.29 is 42.8 Å². The number of alkyl halides is 3. The summed E-state index contributed by atoms with van der Waals surface area (Å²) in [6, 6.07) is 6.31. The van der Waals surface area contributed by atoms with Gasteiger partial charge in [-0.05, 0) is 24.3 Å². The summed E-state index contributed by atoms with van der Waals surface area (Å²) >= 11 is 0. The molecule has 176 valence electrons. The Kier molecular flexibility index (Phi) is 6.12. The van der Waals surface area contributed by atoms with Crippen molar-refractivity contribution in [1.29, 1.82) is 0 Å². The summed E-state index contributed by atoms with van der Waals surface area (Å²) in [6.07, 6.45) is -9.63. The van der Waals surface area contributed by atoms with E-state index in [1.807, 2.05) is 0 Å². The zero-order valence-corrected chi connectivity index (χ0v) is 16.7. The largest absolute Gasteiger partial charge is 0.422 e. The van der Waals surface area contributed by atoms with Crippen molar-refractivity contribution in [3.63, 3.8) is 0 Å². The number of nitrogens with one attached hydrogen (secondary N) is 1. The van der Waals surface area contributed by atoms with Gasteiger partial charge in [0.15, 0.2) is 6.29 Å². The second kappa shape index (κ2) is 8.72. The van der Waals surface area contributed by atoms with E-state index in [-0.39, 0.29) is 11.4 Å². The van der Waals surface area contributed by atoms with Crippen LogP contribution in [0.5, 0.6) is 0 Å². The molecule has 1 saturated heterocycles. The Morgan fingerprint density at radius 3 is 2.48 bits per heavy atom. The zero-order valence-electron chi connectivity index (χ0n) is 16.7. The molecule has 0 aliphatic carbocycles. The first kappa shape index (κ1) is 23.1. The fourth-order valence-electron chi connectivity index (χ4n) is 3.77. The van der Waals surface area contributed by atoms with Crippen LogP contribution in [0.3, 0.4) is 0 Å². The van der Waals surface area contributed by atoms with Gasteiger partial charge in [0.05, 0.1) is 23.4 Å². The number of fused-ring (bicyclic) bond motifs is 1. The quantitative estimate of drug-likeness (QED) is 0.355. The molecule has 12 heteroatoms. The van der Waals surface area contributed by atoms with Gasteiger partial charge in [-0.3, -0.25) is 4.98 Å². The zero-order chi connectivity index (χ0) is 23.9. The normalized spacial score (nSPS) is 25.8. The second-order valence-electron chi connectivity index (χ2n) is 7.46. The molecule has 5 atom stereocenters. The number of anilines is 1. The predicted octanol–water partition coefficient (Wildman–Crippen LogP) is 1.09. The first-order valence-corrected chi connectivity index (χ1v) is 9.78. The molecule has 5 N–H and O–H groups in total. The van der Waals surface area contributed by atoms with Crippen LogP contribution in [0.15, 0.2) is 51.8 Å². The summed E-state index contributed by atoms with van der Waals surface area (Å²) in [4.78, 5) is 16.4. The van der Waals surface area contributed by atoms with E-state index < -0.39 is 71.1 Å². The molecule has 0 bridgehead atoms. The maximum Gasteiger partial charge on any atom is 0.418 e. The van der Waals surface area contributed by atoms with E-state index in [0.717, 1.165) is 12.1 Å². The van der Waals surface area contributed by atoms with Crippen molar-refractivity contribution in [2.24, 2.45) is 0 Å². The lowest BCUT2D eigenvalue weighted by Crippen LogP contribution is -2.61. The summed E-state index contributed by atoms with van der Waals surface area (Å²) in [6.45, 7) is -0.651. The highest BCUT2D eigenvalue weighted by Gasteiger charge is 2.44. The molecule has 2 aromatic heterocycles. The first-order chi connectivity index (χ1) is 15.6. The van der Waals surface area contributed by atoms with E-state index in [2.05, 4.69) is 10.3 Å². The number of aliphatic hydroxyl groups excluding tert-OH is 4. The third kappa shape index (κ3) is 4.30. The summed E-state index contributed by atoms with van der Waals surface area (Å²) in [5.74, 6) is 0. The number of aromatic nitrogens is 1. The number of benzene rings is 1. The van der Waals surface area contributed by atoms with Crippen LogP contribution in [0.25, 0.3) is 22.2 Å². The minimum atomic E-state index is -4.90. The van der Waals surface area contributed by atoms with Crippen molar-refractivity contribution in [1.82, 2.24) is 4.98 Å². The Hall–Kier alpha value is -3.03. The molecule has 3 aromatic rings. The van der Waals surface area contributed by atoms with Gasteiger partial charge in [-0.25, -0.2) is 4.79 Å². The van der Waals surface area contributed by atoms with Crippen LogP contribution in [-0.2, 0) is 10.9 Å². The minimum Gasteiger partial charge on any atom is -0.422 e. The fraction of sp³-hybridized carbons (Fsp3) is 0.333. The van der Waals surface area contributed by atoms with Gasteiger partial charge in [0.1, 0.15) is 29.9 Å². The number of nitrogens with zero attached hydrogens (tertiary/aromatic N) is 1. The molecule has 1 aromatic carbocycles. The molecule has 3 heterocycles. The van der Waals surface area contributed by atoms with Crippen LogP contribution >= 0.6 is 0 Å². The molecule has 1 aliphatic rings.